The highest BCUT2D eigenvalue weighted by Crippen LogP contribution is 2.46. The van der Waals surface area contributed by atoms with E-state index in [1.807, 2.05) is 0 Å². The van der Waals surface area contributed by atoms with Crippen molar-refractivity contribution in [2.45, 2.75) is 56.3 Å². The van der Waals surface area contributed by atoms with Gasteiger partial charge in [-0.05, 0) is 43.2 Å². The van der Waals surface area contributed by atoms with Crippen molar-refractivity contribution in [3.05, 3.63) is 29.8 Å². The first-order valence-corrected chi connectivity index (χ1v) is 10.6. The quantitative estimate of drug-likeness (QED) is 0.767. The lowest BCUT2D eigenvalue weighted by atomic mass is 9.78. The van der Waals surface area contributed by atoms with Crippen LogP contribution in [-0.4, -0.2) is 42.7 Å². The number of carboxylic acids is 1. The van der Waals surface area contributed by atoms with E-state index in [1.54, 1.807) is 4.31 Å². The number of piperidine rings is 1. The summed E-state index contributed by atoms with van der Waals surface area (Å²) in [6.07, 6.45) is 6.48. The normalized spacial score (nSPS) is 20.3. The standard InChI is InChI=1S/C19H25NO5S/c21-17(7-8-18(22)23)15-3-5-16(6-4-15)26(24,25)20-13-11-19(12-14-20)9-1-2-10-19/h3-6H,1-2,7-14H2,(H,22,23). The van der Waals surface area contributed by atoms with Crippen LogP contribution in [0.2, 0.25) is 0 Å². The van der Waals surface area contributed by atoms with E-state index in [0.29, 0.717) is 24.1 Å². The summed E-state index contributed by atoms with van der Waals surface area (Å²) in [6.45, 7) is 1.11. The van der Waals surface area contributed by atoms with E-state index < -0.39 is 16.0 Å². The Kier molecular flexibility index (Phi) is 5.48. The van der Waals surface area contributed by atoms with Crippen LogP contribution in [0.4, 0.5) is 0 Å². The molecule has 0 atom stereocenters. The molecule has 0 amide bonds. The molecule has 1 N–H and O–H groups in total. The summed E-state index contributed by atoms with van der Waals surface area (Å²) in [4.78, 5) is 22.7. The average Bonchev–Trinajstić information content (AvgIpc) is 3.08. The van der Waals surface area contributed by atoms with Gasteiger partial charge in [0.2, 0.25) is 10.0 Å². The van der Waals surface area contributed by atoms with E-state index in [1.165, 1.54) is 49.9 Å². The number of ketones is 1. The molecule has 2 aliphatic rings. The fraction of sp³-hybridized carbons (Fsp3) is 0.579. The van der Waals surface area contributed by atoms with Gasteiger partial charge in [-0.25, -0.2) is 8.42 Å². The minimum absolute atomic E-state index is 0.0877. The van der Waals surface area contributed by atoms with Gasteiger partial charge in [-0.3, -0.25) is 9.59 Å². The Morgan fingerprint density at radius 2 is 1.54 bits per heavy atom. The number of carbonyl (C=O) groups excluding carboxylic acids is 1. The molecule has 0 radical (unpaired) electrons. The van der Waals surface area contributed by atoms with Crippen molar-refractivity contribution in [2.24, 2.45) is 5.41 Å². The SMILES string of the molecule is O=C(O)CCC(=O)c1ccc(S(=O)(=O)N2CCC3(CCCC3)CC2)cc1. The molecule has 0 aromatic heterocycles. The summed E-state index contributed by atoms with van der Waals surface area (Å²) in [6, 6.07) is 5.84. The summed E-state index contributed by atoms with van der Waals surface area (Å²) < 4.78 is 27.3. The van der Waals surface area contributed by atoms with Crippen LogP contribution in [0.15, 0.2) is 29.2 Å². The van der Waals surface area contributed by atoms with E-state index in [4.69, 9.17) is 5.11 Å². The van der Waals surface area contributed by atoms with Crippen molar-refractivity contribution in [3.63, 3.8) is 0 Å². The number of sulfonamides is 1. The maximum atomic E-state index is 12.8. The lowest BCUT2D eigenvalue weighted by Gasteiger charge is -2.38. The second-order valence-corrected chi connectivity index (χ2v) is 9.39. The molecule has 3 rings (SSSR count). The van der Waals surface area contributed by atoms with Crippen LogP contribution in [0.5, 0.6) is 0 Å². The first-order valence-electron chi connectivity index (χ1n) is 9.18. The highest BCUT2D eigenvalue weighted by molar-refractivity contribution is 7.89. The smallest absolute Gasteiger partial charge is 0.303 e. The lowest BCUT2D eigenvalue weighted by Crippen LogP contribution is -2.42. The molecule has 7 heteroatoms. The molecule has 1 aromatic carbocycles. The minimum Gasteiger partial charge on any atom is -0.481 e. The second-order valence-electron chi connectivity index (χ2n) is 7.45. The number of carbonyl (C=O) groups is 2. The van der Waals surface area contributed by atoms with E-state index in [9.17, 15) is 18.0 Å². The zero-order valence-corrected chi connectivity index (χ0v) is 15.6. The second kappa shape index (κ2) is 7.48. The van der Waals surface area contributed by atoms with Crippen LogP contribution in [0.3, 0.4) is 0 Å². The fourth-order valence-corrected chi connectivity index (χ4v) is 5.59. The summed E-state index contributed by atoms with van der Waals surface area (Å²) in [5.74, 6) is -1.32. The lowest BCUT2D eigenvalue weighted by molar-refractivity contribution is -0.136. The van der Waals surface area contributed by atoms with Gasteiger partial charge in [0.25, 0.3) is 0 Å². The number of Topliss-reactive ketones (excluding diaryl/α,β-unsaturated/α-hetero) is 1. The van der Waals surface area contributed by atoms with Crippen molar-refractivity contribution in [1.29, 1.82) is 0 Å². The molecule has 0 unspecified atom stereocenters. The number of hydrogen-bond acceptors (Lipinski definition) is 4. The van der Waals surface area contributed by atoms with Gasteiger partial charge in [0.1, 0.15) is 0 Å². The summed E-state index contributed by atoms with van der Waals surface area (Å²) >= 11 is 0. The Labute approximate surface area is 154 Å². The highest BCUT2D eigenvalue weighted by Gasteiger charge is 2.40. The Morgan fingerprint density at radius 1 is 0.962 bits per heavy atom. The van der Waals surface area contributed by atoms with E-state index in [2.05, 4.69) is 0 Å². The van der Waals surface area contributed by atoms with Crippen LogP contribution in [0.1, 0.15) is 61.7 Å². The van der Waals surface area contributed by atoms with E-state index in [0.717, 1.165) is 12.8 Å². The first-order chi connectivity index (χ1) is 12.3. The number of carboxylic acid groups (broad SMARTS) is 1. The third-order valence-electron chi connectivity index (χ3n) is 5.83. The summed E-state index contributed by atoms with van der Waals surface area (Å²) in [7, 11) is -3.55. The van der Waals surface area contributed by atoms with Crippen molar-refractivity contribution < 1.29 is 23.1 Å². The van der Waals surface area contributed by atoms with Crippen molar-refractivity contribution in [2.75, 3.05) is 13.1 Å². The molecular formula is C19H25NO5S. The molecule has 1 spiro atoms. The monoisotopic (exact) mass is 379 g/mol. The van der Waals surface area contributed by atoms with Crippen molar-refractivity contribution in [1.82, 2.24) is 4.31 Å². The van der Waals surface area contributed by atoms with Gasteiger partial charge >= 0.3 is 5.97 Å². The minimum atomic E-state index is -3.55. The van der Waals surface area contributed by atoms with Gasteiger partial charge in [0, 0.05) is 25.1 Å². The molecule has 1 aromatic rings. The first kappa shape index (κ1) is 19.0. The predicted molar refractivity (Wildman–Crippen MR) is 96.5 cm³/mol. The van der Waals surface area contributed by atoms with Gasteiger partial charge in [-0.2, -0.15) is 4.31 Å². The molecule has 0 bridgehead atoms. The summed E-state index contributed by atoms with van der Waals surface area (Å²) in [5.41, 5.74) is 0.695. The number of hydrogen-bond donors (Lipinski definition) is 1. The average molecular weight is 379 g/mol. The molecule has 26 heavy (non-hydrogen) atoms. The molecule has 1 aliphatic heterocycles. The largest absolute Gasteiger partial charge is 0.481 e. The summed E-state index contributed by atoms with van der Waals surface area (Å²) in [5, 5.41) is 8.64. The molecule has 1 saturated heterocycles. The fourth-order valence-electron chi connectivity index (χ4n) is 4.15. The van der Waals surface area contributed by atoms with Crippen molar-refractivity contribution in [3.8, 4) is 0 Å². The Hall–Kier alpha value is -1.73. The van der Waals surface area contributed by atoms with E-state index in [-0.39, 0.29) is 23.5 Å². The van der Waals surface area contributed by atoms with Crippen molar-refractivity contribution >= 4 is 21.8 Å². The molecule has 1 heterocycles. The topological polar surface area (TPSA) is 91.7 Å². The Morgan fingerprint density at radius 3 is 2.08 bits per heavy atom. The third-order valence-corrected chi connectivity index (χ3v) is 7.74. The molecule has 6 nitrogen and oxygen atoms in total. The highest BCUT2D eigenvalue weighted by atomic mass is 32.2. The van der Waals surface area contributed by atoms with Crippen LogP contribution in [0, 0.1) is 5.41 Å². The number of benzene rings is 1. The number of aliphatic carboxylic acids is 1. The maximum Gasteiger partial charge on any atom is 0.303 e. The van der Waals surface area contributed by atoms with Gasteiger partial charge in [0.05, 0.1) is 11.3 Å². The molecule has 142 valence electrons. The van der Waals surface area contributed by atoms with Gasteiger partial charge in [-0.1, -0.05) is 25.0 Å². The predicted octanol–water partition coefficient (Wildman–Crippen LogP) is 3.08. The zero-order chi connectivity index (χ0) is 18.8. The van der Waals surface area contributed by atoms with Gasteiger partial charge < -0.3 is 5.11 Å². The van der Waals surface area contributed by atoms with Crippen LogP contribution in [-0.2, 0) is 14.8 Å². The third kappa shape index (κ3) is 3.99. The van der Waals surface area contributed by atoms with E-state index >= 15 is 0 Å². The van der Waals surface area contributed by atoms with Gasteiger partial charge in [-0.15, -0.1) is 0 Å². The zero-order valence-electron chi connectivity index (χ0n) is 14.8. The molecule has 1 saturated carbocycles. The van der Waals surface area contributed by atoms with Crippen LogP contribution >= 0.6 is 0 Å². The maximum absolute atomic E-state index is 12.8. The molecular weight excluding hydrogens is 354 g/mol. The van der Waals surface area contributed by atoms with Crippen LogP contribution < -0.4 is 0 Å². The Balaban J connectivity index is 1.66. The molecule has 1 aliphatic carbocycles. The Bertz CT molecular complexity index is 769. The number of nitrogens with zero attached hydrogens (tertiary/aromatic N) is 1. The number of rotatable bonds is 6. The van der Waals surface area contributed by atoms with Crippen LogP contribution in [0.25, 0.3) is 0 Å². The molecule has 2 fully saturated rings. The van der Waals surface area contributed by atoms with Gasteiger partial charge in [0.15, 0.2) is 5.78 Å².